The number of thioether (sulfide) groups is 1. The first-order valence-corrected chi connectivity index (χ1v) is 7.92. The van der Waals surface area contributed by atoms with Crippen molar-refractivity contribution >= 4 is 34.2 Å². The lowest BCUT2D eigenvalue weighted by Gasteiger charge is -2.06. The van der Waals surface area contributed by atoms with Crippen molar-refractivity contribution in [1.82, 2.24) is 0 Å². The maximum Gasteiger partial charge on any atom is 0.159 e. The average molecular weight is 321 g/mol. The van der Waals surface area contributed by atoms with E-state index in [2.05, 4.69) is 4.99 Å². The van der Waals surface area contributed by atoms with Gasteiger partial charge in [0.05, 0.1) is 12.3 Å². The Morgan fingerprint density at radius 1 is 1.14 bits per heavy atom. The summed E-state index contributed by atoms with van der Waals surface area (Å²) < 4.78 is 5.63. The lowest BCUT2D eigenvalue weighted by molar-refractivity contribution is 0.344. The zero-order valence-electron chi connectivity index (χ0n) is 11.8. The Labute approximate surface area is 134 Å². The van der Waals surface area contributed by atoms with Crippen molar-refractivity contribution in [1.29, 1.82) is 0 Å². The zero-order chi connectivity index (χ0) is 15.1. The molecule has 0 bridgehead atoms. The number of amidine groups is 1. The second-order valence-corrected chi connectivity index (χ2v) is 5.99. The van der Waals surface area contributed by atoms with E-state index in [1.165, 1.54) is 17.3 Å². The van der Waals surface area contributed by atoms with Crippen LogP contribution in [0.1, 0.15) is 5.56 Å². The average Bonchev–Trinajstić information content (AvgIpc) is 2.48. The van der Waals surface area contributed by atoms with Crippen LogP contribution < -0.4 is 10.5 Å². The number of nitrogens with zero attached hydrogens (tertiary/aromatic N) is 1. The first-order valence-electron chi connectivity index (χ1n) is 6.55. The monoisotopic (exact) mass is 320 g/mol. The normalized spacial score (nSPS) is 11.4. The molecule has 3 nitrogen and oxygen atoms in total. The van der Waals surface area contributed by atoms with Crippen LogP contribution >= 0.6 is 23.4 Å². The Kier molecular flexibility index (Phi) is 5.96. The van der Waals surface area contributed by atoms with Gasteiger partial charge in [0.1, 0.15) is 5.75 Å². The summed E-state index contributed by atoms with van der Waals surface area (Å²) in [6.07, 6.45) is 0. The lowest BCUT2D eigenvalue weighted by atomic mass is 10.2. The van der Waals surface area contributed by atoms with Gasteiger partial charge in [-0.05, 0) is 43.3 Å². The van der Waals surface area contributed by atoms with E-state index in [9.17, 15) is 0 Å². The van der Waals surface area contributed by atoms with E-state index in [-0.39, 0.29) is 0 Å². The van der Waals surface area contributed by atoms with Crippen LogP contribution in [0.3, 0.4) is 0 Å². The molecule has 110 valence electrons. The number of halogens is 1. The van der Waals surface area contributed by atoms with Crippen molar-refractivity contribution < 1.29 is 4.74 Å². The predicted molar refractivity (Wildman–Crippen MR) is 91.9 cm³/mol. The third kappa shape index (κ3) is 5.69. The number of ether oxygens (including phenoxy) is 1. The van der Waals surface area contributed by atoms with Crippen LogP contribution in [0.15, 0.2) is 53.5 Å². The molecule has 2 aromatic rings. The van der Waals surface area contributed by atoms with Gasteiger partial charge in [-0.3, -0.25) is 0 Å². The van der Waals surface area contributed by atoms with Crippen LogP contribution in [0.4, 0.5) is 5.69 Å². The first-order chi connectivity index (χ1) is 10.1. The number of nitrogens with two attached hydrogens (primary N) is 1. The van der Waals surface area contributed by atoms with Gasteiger partial charge in [-0.25, -0.2) is 4.99 Å². The van der Waals surface area contributed by atoms with Crippen LogP contribution in [0, 0.1) is 6.92 Å². The minimum atomic E-state index is 0.518. The van der Waals surface area contributed by atoms with Gasteiger partial charge in [0, 0.05) is 10.8 Å². The lowest BCUT2D eigenvalue weighted by Crippen LogP contribution is -2.10. The molecule has 2 aromatic carbocycles. The van der Waals surface area contributed by atoms with Gasteiger partial charge >= 0.3 is 0 Å². The van der Waals surface area contributed by atoms with Crippen LogP contribution in [0.5, 0.6) is 5.75 Å². The fourth-order valence-corrected chi connectivity index (χ4v) is 2.29. The van der Waals surface area contributed by atoms with Crippen molar-refractivity contribution in [3.8, 4) is 5.75 Å². The smallest absolute Gasteiger partial charge is 0.159 e. The summed E-state index contributed by atoms with van der Waals surface area (Å²) in [4.78, 5) is 4.30. The van der Waals surface area contributed by atoms with Gasteiger partial charge < -0.3 is 10.5 Å². The molecular weight excluding hydrogens is 304 g/mol. The largest absolute Gasteiger partial charge is 0.493 e. The topological polar surface area (TPSA) is 47.6 Å². The summed E-state index contributed by atoms with van der Waals surface area (Å²) in [5.41, 5.74) is 7.88. The van der Waals surface area contributed by atoms with E-state index in [1.54, 1.807) is 12.1 Å². The molecule has 0 aliphatic rings. The van der Waals surface area contributed by atoms with Crippen molar-refractivity contribution in [2.45, 2.75) is 6.92 Å². The second kappa shape index (κ2) is 7.96. The molecule has 0 aliphatic heterocycles. The molecule has 0 fully saturated rings. The summed E-state index contributed by atoms with van der Waals surface area (Å²) in [5, 5.41) is 1.21. The van der Waals surface area contributed by atoms with E-state index >= 15 is 0 Å². The van der Waals surface area contributed by atoms with Crippen LogP contribution in [0.25, 0.3) is 0 Å². The van der Waals surface area contributed by atoms with E-state index in [0.29, 0.717) is 16.8 Å². The maximum absolute atomic E-state index is 5.87. The predicted octanol–water partition coefficient (Wildman–Crippen LogP) is 4.41. The van der Waals surface area contributed by atoms with Gasteiger partial charge in [0.2, 0.25) is 0 Å². The third-order valence-corrected chi connectivity index (χ3v) is 3.70. The fourth-order valence-electron chi connectivity index (χ4n) is 1.62. The summed E-state index contributed by atoms with van der Waals surface area (Å²) in [5.74, 6) is 1.62. The molecule has 0 radical (unpaired) electrons. The summed E-state index contributed by atoms with van der Waals surface area (Å²) >= 11 is 7.28. The van der Waals surface area contributed by atoms with E-state index < -0.39 is 0 Å². The molecule has 21 heavy (non-hydrogen) atoms. The number of aliphatic imine (C=N–C) groups is 1. The Balaban J connectivity index is 1.75. The molecule has 0 spiro atoms. The van der Waals surface area contributed by atoms with Crippen molar-refractivity contribution in [3.05, 3.63) is 59.1 Å². The van der Waals surface area contributed by atoms with E-state index in [1.807, 2.05) is 43.3 Å². The molecule has 0 atom stereocenters. The van der Waals surface area contributed by atoms with Crippen molar-refractivity contribution in [3.63, 3.8) is 0 Å². The Hall–Kier alpha value is -1.65. The minimum Gasteiger partial charge on any atom is -0.493 e. The van der Waals surface area contributed by atoms with E-state index in [0.717, 1.165) is 17.2 Å². The highest BCUT2D eigenvalue weighted by Crippen LogP contribution is 2.18. The molecule has 0 aromatic heterocycles. The summed E-state index contributed by atoms with van der Waals surface area (Å²) in [7, 11) is 0. The molecule has 0 aliphatic carbocycles. The van der Waals surface area contributed by atoms with E-state index in [4.69, 9.17) is 22.1 Å². The number of hydrogen-bond acceptors (Lipinski definition) is 3. The highest BCUT2D eigenvalue weighted by Gasteiger charge is 1.98. The molecule has 0 unspecified atom stereocenters. The Morgan fingerprint density at radius 2 is 1.81 bits per heavy atom. The summed E-state index contributed by atoms with van der Waals surface area (Å²) in [6, 6.07) is 15.2. The number of benzene rings is 2. The molecule has 2 rings (SSSR count). The number of rotatable bonds is 5. The molecular formula is C16H17ClN2OS. The van der Waals surface area contributed by atoms with Crippen LogP contribution in [-0.2, 0) is 0 Å². The molecule has 5 heteroatoms. The van der Waals surface area contributed by atoms with Gasteiger partial charge in [0.25, 0.3) is 0 Å². The Morgan fingerprint density at radius 3 is 2.48 bits per heavy atom. The van der Waals surface area contributed by atoms with Gasteiger partial charge in [-0.2, -0.15) is 0 Å². The minimum absolute atomic E-state index is 0.518. The molecule has 0 heterocycles. The van der Waals surface area contributed by atoms with Gasteiger partial charge in [-0.15, -0.1) is 0 Å². The number of hydrogen-bond donors (Lipinski definition) is 1. The SMILES string of the molecule is Cc1ccc(OCCSC(N)=Nc2ccc(Cl)cc2)cc1. The highest BCUT2D eigenvalue weighted by atomic mass is 35.5. The fraction of sp³-hybridized carbons (Fsp3) is 0.188. The Bertz CT molecular complexity index is 597. The van der Waals surface area contributed by atoms with Crippen LogP contribution in [-0.4, -0.2) is 17.5 Å². The first kappa shape index (κ1) is 15.7. The van der Waals surface area contributed by atoms with Crippen molar-refractivity contribution in [2.24, 2.45) is 10.7 Å². The molecule has 0 saturated heterocycles. The molecule has 2 N–H and O–H groups in total. The van der Waals surface area contributed by atoms with Gasteiger partial charge in [0.15, 0.2) is 5.17 Å². The quantitative estimate of drug-likeness (QED) is 0.504. The zero-order valence-corrected chi connectivity index (χ0v) is 13.3. The number of aryl methyl sites for hydroxylation is 1. The molecule has 0 saturated carbocycles. The van der Waals surface area contributed by atoms with Gasteiger partial charge in [-0.1, -0.05) is 41.1 Å². The highest BCUT2D eigenvalue weighted by molar-refractivity contribution is 8.13. The standard InChI is InChI=1S/C16H17ClN2OS/c1-12-2-8-15(9-3-12)20-10-11-21-16(18)19-14-6-4-13(17)5-7-14/h2-9H,10-11H2,1H3,(H2,18,19). The van der Waals surface area contributed by atoms with Crippen molar-refractivity contribution in [2.75, 3.05) is 12.4 Å². The van der Waals surface area contributed by atoms with Crippen LogP contribution in [0.2, 0.25) is 5.02 Å². The molecule has 0 amide bonds. The summed E-state index contributed by atoms with van der Waals surface area (Å²) in [6.45, 7) is 2.64. The third-order valence-electron chi connectivity index (χ3n) is 2.69. The second-order valence-electron chi connectivity index (χ2n) is 4.44. The maximum atomic E-state index is 5.87.